The van der Waals surface area contributed by atoms with Gasteiger partial charge >= 0.3 is 5.97 Å². The van der Waals surface area contributed by atoms with E-state index in [0.717, 1.165) is 3.97 Å². The van der Waals surface area contributed by atoms with Crippen molar-refractivity contribution >= 4 is 43.7 Å². The molecule has 0 spiro atoms. The minimum absolute atomic E-state index is 0.0363. The number of para-hydroxylation sites is 3. The topological polar surface area (TPSA) is 108 Å². The molecule has 0 aliphatic carbocycles. The zero-order valence-corrected chi connectivity index (χ0v) is 18.7. The van der Waals surface area contributed by atoms with E-state index in [9.17, 15) is 18.0 Å². The minimum Gasteiger partial charge on any atom is -0.465 e. The zero-order chi connectivity index (χ0) is 23.9. The Balaban J connectivity index is 1.86. The highest BCUT2D eigenvalue weighted by atomic mass is 32.2. The van der Waals surface area contributed by atoms with E-state index in [1.54, 1.807) is 60.7 Å². The fraction of sp³-hybridized carbons (Fsp3) is 0.0400. The van der Waals surface area contributed by atoms with E-state index in [0.29, 0.717) is 11.0 Å². The predicted octanol–water partition coefficient (Wildman–Crippen LogP) is 3.84. The molecule has 0 atom stereocenters. The summed E-state index contributed by atoms with van der Waals surface area (Å²) in [4.78, 5) is 35.3. The Kier molecular flexibility index (Phi) is 5.18. The van der Waals surface area contributed by atoms with Crippen LogP contribution in [0.25, 0.3) is 21.9 Å². The van der Waals surface area contributed by atoms with Gasteiger partial charge in [0.05, 0.1) is 40.3 Å². The Morgan fingerprint density at radius 2 is 1.50 bits per heavy atom. The lowest BCUT2D eigenvalue weighted by molar-refractivity contribution is 0.0599. The molecule has 0 radical (unpaired) electrons. The monoisotopic (exact) mass is 471 g/mol. The van der Waals surface area contributed by atoms with Gasteiger partial charge in [-0.3, -0.25) is 9.78 Å². The number of hydrogen-bond acceptors (Lipinski definition) is 7. The normalized spacial score (nSPS) is 11.6. The second kappa shape index (κ2) is 8.20. The largest absolute Gasteiger partial charge is 0.465 e. The lowest BCUT2D eigenvalue weighted by Crippen LogP contribution is -2.22. The average Bonchev–Trinajstić information content (AvgIpc) is 3.24. The van der Waals surface area contributed by atoms with Crippen molar-refractivity contribution in [1.82, 2.24) is 13.9 Å². The standard InChI is InChI=1S/C25H17N3O5S/c1-33-25(30)22-17-11-5-8-14-21(17)28(34(31,32)16-9-3-2-4-10-16)23(22)24(29)20-15-26-18-12-6-7-13-19(18)27-20/h2-15H,1H3. The molecule has 0 saturated heterocycles. The summed E-state index contributed by atoms with van der Waals surface area (Å²) < 4.78 is 33.4. The molecule has 0 aliphatic heterocycles. The lowest BCUT2D eigenvalue weighted by atomic mass is 10.1. The first-order chi connectivity index (χ1) is 16.4. The maximum absolute atomic E-state index is 13.8. The Bertz CT molecular complexity index is 1690. The molecular formula is C25H17N3O5S. The summed E-state index contributed by atoms with van der Waals surface area (Å²) >= 11 is 0. The highest BCUT2D eigenvalue weighted by molar-refractivity contribution is 7.90. The van der Waals surface area contributed by atoms with Crippen LogP contribution in [0.3, 0.4) is 0 Å². The number of rotatable bonds is 5. The van der Waals surface area contributed by atoms with Gasteiger partial charge in [0.2, 0.25) is 5.78 Å². The molecule has 0 aliphatic rings. The fourth-order valence-electron chi connectivity index (χ4n) is 3.86. The van der Waals surface area contributed by atoms with Gasteiger partial charge in [0.1, 0.15) is 11.4 Å². The van der Waals surface area contributed by atoms with Crippen LogP contribution < -0.4 is 0 Å². The summed E-state index contributed by atoms with van der Waals surface area (Å²) in [6.07, 6.45) is 1.27. The highest BCUT2D eigenvalue weighted by Crippen LogP contribution is 2.32. The van der Waals surface area contributed by atoms with Crippen LogP contribution in [-0.2, 0) is 14.8 Å². The number of ether oxygens (including phenoxy) is 1. The minimum atomic E-state index is -4.27. The average molecular weight is 471 g/mol. The predicted molar refractivity (Wildman–Crippen MR) is 125 cm³/mol. The molecular weight excluding hydrogens is 454 g/mol. The number of nitrogens with zero attached hydrogens (tertiary/aromatic N) is 3. The summed E-state index contributed by atoms with van der Waals surface area (Å²) in [5.41, 5.74) is 0.588. The molecule has 2 heterocycles. The van der Waals surface area contributed by atoms with E-state index in [1.807, 2.05) is 0 Å². The fourth-order valence-corrected chi connectivity index (χ4v) is 5.41. The van der Waals surface area contributed by atoms with Crippen LogP contribution in [0.4, 0.5) is 0 Å². The van der Waals surface area contributed by atoms with Crippen molar-refractivity contribution in [3.63, 3.8) is 0 Å². The van der Waals surface area contributed by atoms with Gasteiger partial charge in [0, 0.05) is 5.39 Å². The van der Waals surface area contributed by atoms with E-state index in [-0.39, 0.29) is 32.7 Å². The number of carbonyl (C=O) groups excluding carboxylic acids is 2. The summed E-state index contributed by atoms with van der Waals surface area (Å²) in [5, 5.41) is 0.269. The molecule has 0 unspecified atom stereocenters. The van der Waals surface area contributed by atoms with Crippen LogP contribution in [0.5, 0.6) is 0 Å². The maximum atomic E-state index is 13.8. The van der Waals surface area contributed by atoms with Crippen molar-refractivity contribution in [2.45, 2.75) is 4.90 Å². The Labute approximate surface area is 194 Å². The van der Waals surface area contributed by atoms with Crippen molar-refractivity contribution < 1.29 is 22.7 Å². The summed E-state index contributed by atoms with van der Waals surface area (Å²) in [7, 11) is -3.10. The number of aromatic nitrogens is 3. The van der Waals surface area contributed by atoms with Gasteiger partial charge < -0.3 is 4.74 Å². The lowest BCUT2D eigenvalue weighted by Gasteiger charge is -2.12. The van der Waals surface area contributed by atoms with Crippen molar-refractivity contribution in [3.8, 4) is 0 Å². The molecule has 9 heteroatoms. The molecule has 3 aromatic carbocycles. The second-order valence-electron chi connectivity index (χ2n) is 7.39. The van der Waals surface area contributed by atoms with Crippen LogP contribution in [0, 0.1) is 0 Å². The molecule has 0 amide bonds. The first-order valence-corrected chi connectivity index (χ1v) is 11.7. The van der Waals surface area contributed by atoms with Crippen molar-refractivity contribution in [3.05, 3.63) is 102 Å². The van der Waals surface area contributed by atoms with Crippen LogP contribution in [-0.4, -0.2) is 41.2 Å². The van der Waals surface area contributed by atoms with E-state index < -0.39 is 21.8 Å². The third-order valence-electron chi connectivity index (χ3n) is 5.40. The van der Waals surface area contributed by atoms with Gasteiger partial charge in [-0.2, -0.15) is 0 Å². The molecule has 0 N–H and O–H groups in total. The van der Waals surface area contributed by atoms with Gasteiger partial charge in [0.25, 0.3) is 10.0 Å². The molecule has 2 aromatic heterocycles. The maximum Gasteiger partial charge on any atom is 0.340 e. The molecule has 0 saturated carbocycles. The van der Waals surface area contributed by atoms with E-state index in [2.05, 4.69) is 9.97 Å². The number of fused-ring (bicyclic) bond motifs is 2. The number of methoxy groups -OCH3 is 1. The van der Waals surface area contributed by atoms with Crippen molar-refractivity contribution in [2.24, 2.45) is 0 Å². The smallest absolute Gasteiger partial charge is 0.340 e. The van der Waals surface area contributed by atoms with Gasteiger partial charge in [0.15, 0.2) is 0 Å². The molecule has 5 aromatic rings. The highest BCUT2D eigenvalue weighted by Gasteiger charge is 2.34. The summed E-state index contributed by atoms with van der Waals surface area (Å²) in [6.45, 7) is 0. The zero-order valence-electron chi connectivity index (χ0n) is 17.9. The van der Waals surface area contributed by atoms with Gasteiger partial charge in [-0.1, -0.05) is 48.5 Å². The van der Waals surface area contributed by atoms with Crippen molar-refractivity contribution in [2.75, 3.05) is 7.11 Å². The Morgan fingerprint density at radius 3 is 2.24 bits per heavy atom. The van der Waals surface area contributed by atoms with Crippen LogP contribution in [0.15, 0.2) is 90.0 Å². The number of hydrogen-bond donors (Lipinski definition) is 0. The molecule has 5 rings (SSSR count). The Morgan fingerprint density at radius 1 is 0.853 bits per heavy atom. The third kappa shape index (κ3) is 3.34. The second-order valence-corrected chi connectivity index (χ2v) is 9.17. The van der Waals surface area contributed by atoms with Crippen LogP contribution in [0.1, 0.15) is 26.5 Å². The first-order valence-electron chi connectivity index (χ1n) is 10.2. The summed E-state index contributed by atoms with van der Waals surface area (Å²) in [6, 6.07) is 21.0. The van der Waals surface area contributed by atoms with Crippen LogP contribution >= 0.6 is 0 Å². The number of benzene rings is 3. The summed E-state index contributed by atoms with van der Waals surface area (Å²) in [5.74, 6) is -1.61. The van der Waals surface area contributed by atoms with Crippen molar-refractivity contribution in [1.29, 1.82) is 0 Å². The van der Waals surface area contributed by atoms with Gasteiger partial charge in [-0.15, -0.1) is 0 Å². The SMILES string of the molecule is COC(=O)c1c(C(=O)c2cnc3ccccc3n2)n(S(=O)(=O)c2ccccc2)c2ccccc12. The molecule has 0 bridgehead atoms. The van der Waals surface area contributed by atoms with Gasteiger partial charge in [-0.05, 0) is 30.3 Å². The third-order valence-corrected chi connectivity index (χ3v) is 7.13. The Hall–Kier alpha value is -4.37. The number of carbonyl (C=O) groups is 2. The molecule has 168 valence electrons. The number of esters is 1. The first kappa shape index (κ1) is 21.5. The molecule has 34 heavy (non-hydrogen) atoms. The van der Waals surface area contributed by atoms with E-state index >= 15 is 0 Å². The quantitative estimate of drug-likeness (QED) is 0.283. The molecule has 0 fully saturated rings. The van der Waals surface area contributed by atoms with Crippen LogP contribution in [0.2, 0.25) is 0 Å². The molecule has 8 nitrogen and oxygen atoms in total. The van der Waals surface area contributed by atoms with E-state index in [4.69, 9.17) is 4.74 Å². The number of ketones is 1. The van der Waals surface area contributed by atoms with E-state index in [1.165, 1.54) is 31.5 Å². The van der Waals surface area contributed by atoms with Gasteiger partial charge in [-0.25, -0.2) is 22.2 Å².